The van der Waals surface area contributed by atoms with Gasteiger partial charge in [-0.25, -0.2) is 4.98 Å². The largest absolute Gasteiger partial charge is 0.353 e. The molecule has 5 heteroatoms. The number of anilines is 2. The first-order chi connectivity index (χ1) is 12.1. The molecule has 1 aliphatic rings. The van der Waals surface area contributed by atoms with Crippen molar-refractivity contribution < 1.29 is 4.79 Å². The average molecular weight is 358 g/mol. The van der Waals surface area contributed by atoms with E-state index in [-0.39, 0.29) is 5.91 Å². The van der Waals surface area contributed by atoms with Crippen LogP contribution in [0, 0.1) is 5.92 Å². The van der Waals surface area contributed by atoms with Gasteiger partial charge < -0.3 is 10.6 Å². The molecule has 1 heterocycles. The third-order valence-corrected chi connectivity index (χ3v) is 5.77. The summed E-state index contributed by atoms with van der Waals surface area (Å²) in [5.41, 5.74) is 3.18. The van der Waals surface area contributed by atoms with Gasteiger partial charge in [0.2, 0.25) is 5.91 Å². The molecule has 1 saturated carbocycles. The van der Waals surface area contributed by atoms with Crippen molar-refractivity contribution in [2.75, 3.05) is 5.32 Å². The van der Waals surface area contributed by atoms with Gasteiger partial charge in [0, 0.05) is 17.1 Å². The van der Waals surface area contributed by atoms with Crippen molar-refractivity contribution in [3.8, 4) is 0 Å². The molecule has 1 aromatic heterocycles. The smallest absolute Gasteiger partial charge is 0.226 e. The Hall–Kier alpha value is -1.88. The van der Waals surface area contributed by atoms with E-state index in [1.165, 1.54) is 24.8 Å². The van der Waals surface area contributed by atoms with Crippen molar-refractivity contribution in [3.05, 3.63) is 40.9 Å². The summed E-state index contributed by atoms with van der Waals surface area (Å²) in [6, 6.07) is 8.70. The molecule has 0 spiro atoms. The number of hydrogen-bond donors (Lipinski definition) is 2. The van der Waals surface area contributed by atoms with E-state index >= 15 is 0 Å². The SMILES string of the molecule is CCc1ccc(Nc2nc(CC(=O)NC3CCCCC3C)cs2)cc1. The Morgan fingerprint density at radius 1 is 1.24 bits per heavy atom. The van der Waals surface area contributed by atoms with Gasteiger partial charge in [-0.05, 0) is 42.9 Å². The van der Waals surface area contributed by atoms with Gasteiger partial charge in [-0.15, -0.1) is 11.3 Å². The van der Waals surface area contributed by atoms with Crippen LogP contribution in [0.3, 0.4) is 0 Å². The molecule has 1 fully saturated rings. The van der Waals surface area contributed by atoms with Gasteiger partial charge in [-0.2, -0.15) is 0 Å². The summed E-state index contributed by atoms with van der Waals surface area (Å²) < 4.78 is 0. The molecule has 1 amide bonds. The Morgan fingerprint density at radius 2 is 2.00 bits per heavy atom. The Labute approximate surface area is 154 Å². The highest BCUT2D eigenvalue weighted by molar-refractivity contribution is 7.13. The maximum atomic E-state index is 12.3. The molecule has 2 atom stereocenters. The van der Waals surface area contributed by atoms with Crippen molar-refractivity contribution in [2.45, 2.75) is 58.4 Å². The van der Waals surface area contributed by atoms with Crippen molar-refractivity contribution in [1.29, 1.82) is 0 Å². The van der Waals surface area contributed by atoms with Crippen molar-refractivity contribution >= 4 is 28.1 Å². The fourth-order valence-corrected chi connectivity index (χ4v) is 4.08. The standard InChI is InChI=1S/C20H27N3OS/c1-3-15-8-10-16(11-9-15)21-20-22-17(13-25-20)12-19(24)23-18-7-5-4-6-14(18)2/h8-11,13-14,18H,3-7,12H2,1-2H3,(H,21,22)(H,23,24). The van der Waals surface area contributed by atoms with E-state index in [0.29, 0.717) is 18.4 Å². The number of hydrogen-bond acceptors (Lipinski definition) is 4. The number of aromatic nitrogens is 1. The predicted octanol–water partition coefficient (Wildman–Crippen LogP) is 4.69. The zero-order valence-electron chi connectivity index (χ0n) is 15.0. The van der Waals surface area contributed by atoms with Crippen LogP contribution in [0.15, 0.2) is 29.6 Å². The van der Waals surface area contributed by atoms with Crippen LogP contribution in [-0.2, 0) is 17.6 Å². The molecule has 2 unspecified atom stereocenters. The van der Waals surface area contributed by atoms with Crippen molar-refractivity contribution in [1.82, 2.24) is 10.3 Å². The molecule has 0 radical (unpaired) electrons. The molecular formula is C20H27N3OS. The van der Waals surface area contributed by atoms with Crippen molar-refractivity contribution in [2.24, 2.45) is 5.92 Å². The number of thiazole rings is 1. The molecule has 2 N–H and O–H groups in total. The van der Waals surface area contributed by atoms with Crippen LogP contribution in [0.2, 0.25) is 0 Å². The zero-order valence-corrected chi connectivity index (χ0v) is 15.9. The number of aryl methyl sites for hydroxylation is 1. The van der Waals surface area contributed by atoms with E-state index in [2.05, 4.69) is 53.7 Å². The topological polar surface area (TPSA) is 54.0 Å². The van der Waals surface area contributed by atoms with E-state index in [1.54, 1.807) is 11.3 Å². The summed E-state index contributed by atoms with van der Waals surface area (Å²) in [6.07, 6.45) is 6.22. The second-order valence-electron chi connectivity index (χ2n) is 6.93. The van der Waals surface area contributed by atoms with E-state index in [4.69, 9.17) is 0 Å². The fourth-order valence-electron chi connectivity index (χ4n) is 3.35. The minimum atomic E-state index is 0.0860. The predicted molar refractivity (Wildman–Crippen MR) is 104 cm³/mol. The van der Waals surface area contributed by atoms with Gasteiger partial charge in [-0.1, -0.05) is 38.8 Å². The van der Waals surface area contributed by atoms with E-state index in [9.17, 15) is 4.79 Å². The Bertz CT molecular complexity index is 695. The molecule has 134 valence electrons. The first-order valence-electron chi connectivity index (χ1n) is 9.23. The molecule has 0 bridgehead atoms. The number of rotatable bonds is 6. The number of carbonyl (C=O) groups excluding carboxylic acids is 1. The van der Waals surface area contributed by atoms with Gasteiger partial charge in [-0.3, -0.25) is 4.79 Å². The van der Waals surface area contributed by atoms with Gasteiger partial charge in [0.15, 0.2) is 5.13 Å². The molecule has 25 heavy (non-hydrogen) atoms. The summed E-state index contributed by atoms with van der Waals surface area (Å²) in [5.74, 6) is 0.666. The lowest BCUT2D eigenvalue weighted by atomic mass is 9.86. The zero-order chi connectivity index (χ0) is 17.6. The van der Waals surface area contributed by atoms with Crippen LogP contribution in [0.25, 0.3) is 0 Å². The minimum absolute atomic E-state index is 0.0860. The molecule has 3 rings (SSSR count). The summed E-state index contributed by atoms with van der Waals surface area (Å²) in [4.78, 5) is 16.8. The van der Waals surface area contributed by atoms with Crippen LogP contribution in [0.1, 0.15) is 50.8 Å². The molecule has 1 aliphatic carbocycles. The third kappa shape index (κ3) is 5.05. The lowest BCUT2D eigenvalue weighted by Gasteiger charge is -2.29. The summed E-state index contributed by atoms with van der Waals surface area (Å²) in [7, 11) is 0. The molecule has 4 nitrogen and oxygen atoms in total. The lowest BCUT2D eigenvalue weighted by Crippen LogP contribution is -2.41. The highest BCUT2D eigenvalue weighted by Gasteiger charge is 2.23. The Kier molecular flexibility index (Phi) is 6.08. The minimum Gasteiger partial charge on any atom is -0.353 e. The second-order valence-corrected chi connectivity index (χ2v) is 7.79. The second kappa shape index (κ2) is 8.48. The quantitative estimate of drug-likeness (QED) is 0.789. The highest BCUT2D eigenvalue weighted by Crippen LogP contribution is 2.24. The normalized spacial score (nSPS) is 20.2. The van der Waals surface area contributed by atoms with Crippen LogP contribution in [-0.4, -0.2) is 16.9 Å². The van der Waals surface area contributed by atoms with Gasteiger partial charge in [0.25, 0.3) is 0 Å². The first-order valence-corrected chi connectivity index (χ1v) is 10.1. The number of nitrogens with zero attached hydrogens (tertiary/aromatic N) is 1. The maximum absolute atomic E-state index is 12.3. The molecule has 2 aromatic rings. The number of carbonyl (C=O) groups is 1. The summed E-state index contributed by atoms with van der Waals surface area (Å²) >= 11 is 1.54. The fraction of sp³-hybridized carbons (Fsp3) is 0.500. The van der Waals surface area contributed by atoms with Crippen LogP contribution in [0.4, 0.5) is 10.8 Å². The Balaban J connectivity index is 1.52. The summed E-state index contributed by atoms with van der Waals surface area (Å²) in [5, 5.41) is 9.30. The highest BCUT2D eigenvalue weighted by atomic mass is 32.1. The number of benzene rings is 1. The third-order valence-electron chi connectivity index (χ3n) is 4.96. The van der Waals surface area contributed by atoms with E-state index in [0.717, 1.165) is 29.4 Å². The lowest BCUT2D eigenvalue weighted by molar-refractivity contribution is -0.121. The number of amides is 1. The van der Waals surface area contributed by atoms with E-state index < -0.39 is 0 Å². The number of nitrogens with one attached hydrogen (secondary N) is 2. The molecular weight excluding hydrogens is 330 g/mol. The monoisotopic (exact) mass is 357 g/mol. The Morgan fingerprint density at radius 3 is 2.72 bits per heavy atom. The first kappa shape index (κ1) is 17.9. The molecule has 0 saturated heterocycles. The van der Waals surface area contributed by atoms with Crippen molar-refractivity contribution in [3.63, 3.8) is 0 Å². The van der Waals surface area contributed by atoms with Gasteiger partial charge in [0.05, 0.1) is 12.1 Å². The molecule has 1 aromatic carbocycles. The van der Waals surface area contributed by atoms with Gasteiger partial charge in [0.1, 0.15) is 0 Å². The summed E-state index contributed by atoms with van der Waals surface area (Å²) in [6.45, 7) is 4.38. The van der Waals surface area contributed by atoms with Gasteiger partial charge >= 0.3 is 0 Å². The van der Waals surface area contributed by atoms with Crippen LogP contribution >= 0.6 is 11.3 Å². The average Bonchev–Trinajstić information content (AvgIpc) is 3.04. The van der Waals surface area contributed by atoms with E-state index in [1.807, 2.05) is 5.38 Å². The maximum Gasteiger partial charge on any atom is 0.226 e. The van der Waals surface area contributed by atoms with Crippen LogP contribution in [0.5, 0.6) is 0 Å². The van der Waals surface area contributed by atoms with Crippen LogP contribution < -0.4 is 10.6 Å². The molecule has 0 aliphatic heterocycles.